The first-order valence-electron chi connectivity index (χ1n) is 5.27. The highest BCUT2D eigenvalue weighted by atomic mass is 32.2. The van der Waals surface area contributed by atoms with Gasteiger partial charge in [-0.25, -0.2) is 13.1 Å². The van der Waals surface area contributed by atoms with Crippen molar-refractivity contribution in [2.24, 2.45) is 0 Å². The summed E-state index contributed by atoms with van der Waals surface area (Å²) in [5.74, 6) is 0. The van der Waals surface area contributed by atoms with Crippen LogP contribution in [0.4, 0.5) is 0 Å². The average Bonchev–Trinajstić information content (AvgIpc) is 2.23. The number of benzene rings is 1. The number of nitrogens with zero attached hydrogens (tertiary/aromatic N) is 1. The first-order chi connectivity index (χ1) is 8.04. The molecule has 0 radical (unpaired) electrons. The van der Waals surface area contributed by atoms with Crippen LogP contribution in [0.25, 0.3) is 0 Å². The van der Waals surface area contributed by atoms with Crippen LogP contribution in [0.3, 0.4) is 0 Å². The van der Waals surface area contributed by atoms with E-state index in [0.717, 1.165) is 0 Å². The highest BCUT2D eigenvalue weighted by Gasteiger charge is 2.26. The van der Waals surface area contributed by atoms with Gasteiger partial charge in [0.15, 0.2) is 0 Å². The van der Waals surface area contributed by atoms with Gasteiger partial charge in [0.2, 0.25) is 10.0 Å². The number of nitrogens with one attached hydrogen (secondary N) is 2. The van der Waals surface area contributed by atoms with Crippen molar-refractivity contribution in [2.45, 2.75) is 17.9 Å². The van der Waals surface area contributed by atoms with Crippen molar-refractivity contribution in [1.29, 1.82) is 5.26 Å². The molecule has 5 nitrogen and oxygen atoms in total. The number of rotatable bonds is 3. The van der Waals surface area contributed by atoms with Crippen molar-refractivity contribution in [3.8, 4) is 6.07 Å². The third kappa shape index (κ3) is 2.31. The molecule has 6 heteroatoms. The number of sulfonamides is 1. The van der Waals surface area contributed by atoms with Crippen molar-refractivity contribution in [3.63, 3.8) is 0 Å². The maximum atomic E-state index is 12.1. The molecule has 0 bridgehead atoms. The summed E-state index contributed by atoms with van der Waals surface area (Å²) in [4.78, 5) is 0.0619. The predicted octanol–water partition coefficient (Wildman–Crippen LogP) is 0.117. The van der Waals surface area contributed by atoms with Crippen LogP contribution in [0.5, 0.6) is 0 Å². The largest absolute Gasteiger partial charge is 0.313 e. The minimum atomic E-state index is -3.60. The van der Waals surface area contributed by atoms with E-state index in [0.29, 0.717) is 18.7 Å². The van der Waals surface area contributed by atoms with Gasteiger partial charge in [-0.05, 0) is 18.6 Å². The molecule has 2 rings (SSSR count). The van der Waals surface area contributed by atoms with E-state index in [4.69, 9.17) is 5.26 Å². The standard InChI is InChI=1S/C11H13N3O2S/c1-8-3-2-4-11(10(8)5-12)17(15,16)14-9-6-13-7-9/h2-4,9,13-14H,6-7H2,1H3. The van der Waals surface area contributed by atoms with Crippen molar-refractivity contribution in [2.75, 3.05) is 13.1 Å². The monoisotopic (exact) mass is 251 g/mol. The van der Waals surface area contributed by atoms with Gasteiger partial charge >= 0.3 is 0 Å². The fourth-order valence-corrected chi connectivity index (χ4v) is 3.13. The van der Waals surface area contributed by atoms with E-state index in [-0.39, 0.29) is 16.5 Å². The van der Waals surface area contributed by atoms with Gasteiger partial charge in [-0.1, -0.05) is 12.1 Å². The first-order valence-corrected chi connectivity index (χ1v) is 6.75. The third-order valence-electron chi connectivity index (χ3n) is 2.74. The second-order valence-electron chi connectivity index (χ2n) is 4.04. The Hall–Kier alpha value is -1.42. The second-order valence-corrected chi connectivity index (χ2v) is 5.72. The van der Waals surface area contributed by atoms with Gasteiger partial charge in [0.25, 0.3) is 0 Å². The summed E-state index contributed by atoms with van der Waals surface area (Å²) < 4.78 is 26.7. The minimum Gasteiger partial charge on any atom is -0.313 e. The van der Waals surface area contributed by atoms with Crippen LogP contribution in [0, 0.1) is 18.3 Å². The zero-order chi connectivity index (χ0) is 12.5. The molecule has 0 amide bonds. The quantitative estimate of drug-likeness (QED) is 0.799. The molecular weight excluding hydrogens is 238 g/mol. The molecule has 1 heterocycles. The smallest absolute Gasteiger partial charge is 0.242 e. The minimum absolute atomic E-state index is 0.0619. The first kappa shape index (κ1) is 12.0. The normalized spacial score (nSPS) is 16.2. The SMILES string of the molecule is Cc1cccc(S(=O)(=O)NC2CNC2)c1C#N. The Bertz CT molecular complexity index is 571. The Labute approximate surface area is 101 Å². The van der Waals surface area contributed by atoms with Gasteiger partial charge in [0, 0.05) is 19.1 Å². The van der Waals surface area contributed by atoms with Gasteiger partial charge in [-0.15, -0.1) is 0 Å². The maximum absolute atomic E-state index is 12.1. The highest BCUT2D eigenvalue weighted by molar-refractivity contribution is 7.89. The van der Waals surface area contributed by atoms with E-state index in [2.05, 4.69) is 10.0 Å². The number of aryl methyl sites for hydroxylation is 1. The van der Waals surface area contributed by atoms with Crippen molar-refractivity contribution >= 4 is 10.0 Å². The molecule has 1 aromatic carbocycles. The van der Waals surface area contributed by atoms with Crippen LogP contribution < -0.4 is 10.0 Å². The zero-order valence-corrected chi connectivity index (χ0v) is 10.2. The molecule has 0 aliphatic carbocycles. The highest BCUT2D eigenvalue weighted by Crippen LogP contribution is 2.18. The molecule has 1 fully saturated rings. The second kappa shape index (κ2) is 4.45. The molecule has 0 unspecified atom stereocenters. The van der Waals surface area contributed by atoms with E-state index in [1.807, 2.05) is 6.07 Å². The summed E-state index contributed by atoms with van der Waals surface area (Å²) in [6.45, 7) is 2.99. The summed E-state index contributed by atoms with van der Waals surface area (Å²) in [5.41, 5.74) is 0.884. The van der Waals surface area contributed by atoms with Crippen LogP contribution >= 0.6 is 0 Å². The Morgan fingerprint density at radius 3 is 2.71 bits per heavy atom. The Balaban J connectivity index is 2.39. The molecule has 0 aromatic heterocycles. The van der Waals surface area contributed by atoms with Crippen molar-refractivity contribution in [3.05, 3.63) is 29.3 Å². The lowest BCUT2D eigenvalue weighted by molar-refractivity contribution is 0.410. The Morgan fingerprint density at radius 1 is 1.47 bits per heavy atom. The Morgan fingerprint density at radius 2 is 2.18 bits per heavy atom. The van der Waals surface area contributed by atoms with E-state index in [1.165, 1.54) is 6.07 Å². The molecule has 1 aromatic rings. The van der Waals surface area contributed by atoms with E-state index >= 15 is 0 Å². The van der Waals surface area contributed by atoms with Crippen molar-refractivity contribution in [1.82, 2.24) is 10.0 Å². The summed E-state index contributed by atoms with van der Waals surface area (Å²) in [5, 5.41) is 12.0. The third-order valence-corrected chi connectivity index (χ3v) is 4.30. The van der Waals surface area contributed by atoms with Gasteiger partial charge in [-0.2, -0.15) is 5.26 Å². The molecule has 0 saturated carbocycles. The summed E-state index contributed by atoms with van der Waals surface area (Å²) in [7, 11) is -3.60. The van der Waals surface area contributed by atoms with Gasteiger partial charge in [0.05, 0.1) is 5.56 Å². The molecule has 1 saturated heterocycles. The van der Waals surface area contributed by atoms with Gasteiger partial charge in [0.1, 0.15) is 11.0 Å². The molecule has 90 valence electrons. The van der Waals surface area contributed by atoms with Crippen LogP contribution in [0.2, 0.25) is 0 Å². The number of hydrogen-bond donors (Lipinski definition) is 2. The van der Waals surface area contributed by atoms with E-state index in [1.54, 1.807) is 19.1 Å². The molecule has 17 heavy (non-hydrogen) atoms. The van der Waals surface area contributed by atoms with Crippen LogP contribution in [-0.2, 0) is 10.0 Å². The topological polar surface area (TPSA) is 82.0 Å². The van der Waals surface area contributed by atoms with Crippen LogP contribution in [0.1, 0.15) is 11.1 Å². The van der Waals surface area contributed by atoms with Crippen molar-refractivity contribution < 1.29 is 8.42 Å². The lowest BCUT2D eigenvalue weighted by Crippen LogP contribution is -2.56. The summed E-state index contributed by atoms with van der Waals surface area (Å²) in [6.07, 6.45) is 0. The fourth-order valence-electron chi connectivity index (χ4n) is 1.66. The summed E-state index contributed by atoms with van der Waals surface area (Å²) >= 11 is 0. The Kier molecular flexibility index (Phi) is 3.15. The average molecular weight is 251 g/mol. The van der Waals surface area contributed by atoms with E-state index < -0.39 is 10.0 Å². The number of nitriles is 1. The fraction of sp³-hybridized carbons (Fsp3) is 0.364. The van der Waals surface area contributed by atoms with Crippen LogP contribution in [-0.4, -0.2) is 27.5 Å². The molecule has 1 aliphatic rings. The zero-order valence-electron chi connectivity index (χ0n) is 9.40. The lowest BCUT2D eigenvalue weighted by atomic mass is 10.1. The molecule has 0 spiro atoms. The summed E-state index contributed by atoms with van der Waals surface area (Å²) in [6, 6.07) is 6.69. The van der Waals surface area contributed by atoms with Gasteiger partial charge < -0.3 is 5.32 Å². The lowest BCUT2D eigenvalue weighted by Gasteiger charge is -2.27. The maximum Gasteiger partial charge on any atom is 0.242 e. The molecule has 2 N–H and O–H groups in total. The molecule has 1 aliphatic heterocycles. The van der Waals surface area contributed by atoms with Gasteiger partial charge in [-0.3, -0.25) is 0 Å². The number of hydrogen-bond acceptors (Lipinski definition) is 4. The molecular formula is C11H13N3O2S. The predicted molar refractivity (Wildman–Crippen MR) is 62.9 cm³/mol. The van der Waals surface area contributed by atoms with E-state index in [9.17, 15) is 8.42 Å². The molecule has 0 atom stereocenters. The van der Waals surface area contributed by atoms with Crippen LogP contribution in [0.15, 0.2) is 23.1 Å².